The standard InChI is InChI=1S/C15H19NO4/c1-4-20-15(18)11(2)16-14(17)10-9-12-7-5-6-8-13(12)19-3/h5-11H,4H2,1-3H3,(H,16,17). The highest BCUT2D eigenvalue weighted by molar-refractivity contribution is 5.94. The lowest BCUT2D eigenvalue weighted by Crippen LogP contribution is -2.38. The molecule has 1 N–H and O–H groups in total. The zero-order valence-electron chi connectivity index (χ0n) is 11.9. The molecule has 0 aliphatic carbocycles. The summed E-state index contributed by atoms with van der Waals surface area (Å²) in [5.74, 6) is -0.141. The Bertz CT molecular complexity index is 496. The van der Waals surface area contributed by atoms with Crippen molar-refractivity contribution in [2.45, 2.75) is 19.9 Å². The number of hydrogen-bond donors (Lipinski definition) is 1. The van der Waals surface area contributed by atoms with Crippen LogP contribution in [0, 0.1) is 0 Å². The van der Waals surface area contributed by atoms with Gasteiger partial charge in [-0.05, 0) is 26.0 Å². The Morgan fingerprint density at radius 3 is 2.70 bits per heavy atom. The van der Waals surface area contributed by atoms with Crippen LogP contribution >= 0.6 is 0 Å². The van der Waals surface area contributed by atoms with Gasteiger partial charge in [-0.1, -0.05) is 18.2 Å². The minimum atomic E-state index is -0.676. The Hall–Kier alpha value is -2.30. The molecule has 1 atom stereocenters. The van der Waals surface area contributed by atoms with Crippen molar-refractivity contribution in [2.24, 2.45) is 0 Å². The number of benzene rings is 1. The van der Waals surface area contributed by atoms with Crippen molar-refractivity contribution in [3.8, 4) is 5.75 Å². The van der Waals surface area contributed by atoms with Crippen LogP contribution in [0.2, 0.25) is 0 Å². The maximum atomic E-state index is 11.7. The van der Waals surface area contributed by atoms with Gasteiger partial charge in [-0.15, -0.1) is 0 Å². The van der Waals surface area contributed by atoms with E-state index in [4.69, 9.17) is 9.47 Å². The van der Waals surface area contributed by atoms with E-state index in [0.29, 0.717) is 5.75 Å². The molecule has 108 valence electrons. The van der Waals surface area contributed by atoms with E-state index < -0.39 is 12.0 Å². The van der Waals surface area contributed by atoms with Crippen LogP contribution in [0.3, 0.4) is 0 Å². The van der Waals surface area contributed by atoms with Gasteiger partial charge in [0, 0.05) is 11.6 Å². The van der Waals surface area contributed by atoms with E-state index in [1.807, 2.05) is 18.2 Å². The number of nitrogens with one attached hydrogen (secondary N) is 1. The van der Waals surface area contributed by atoms with Crippen LogP contribution in [0.15, 0.2) is 30.3 Å². The lowest BCUT2D eigenvalue weighted by atomic mass is 10.2. The number of rotatable bonds is 6. The normalized spacial score (nSPS) is 11.9. The molecular formula is C15H19NO4. The van der Waals surface area contributed by atoms with Gasteiger partial charge in [-0.2, -0.15) is 0 Å². The van der Waals surface area contributed by atoms with Gasteiger partial charge in [-0.25, -0.2) is 4.79 Å². The molecule has 0 aliphatic heterocycles. The second-order valence-electron chi connectivity index (χ2n) is 4.06. The molecular weight excluding hydrogens is 258 g/mol. The Labute approximate surface area is 118 Å². The summed E-state index contributed by atoms with van der Waals surface area (Å²) in [7, 11) is 1.57. The summed E-state index contributed by atoms with van der Waals surface area (Å²) in [4.78, 5) is 23.1. The van der Waals surface area contributed by atoms with Crippen LogP contribution in [-0.4, -0.2) is 31.6 Å². The molecule has 0 saturated heterocycles. The molecule has 1 aromatic rings. The Kier molecular flexibility index (Phi) is 6.29. The summed E-state index contributed by atoms with van der Waals surface area (Å²) in [6, 6.07) is 6.65. The Morgan fingerprint density at radius 2 is 2.05 bits per heavy atom. The van der Waals surface area contributed by atoms with Crippen LogP contribution in [-0.2, 0) is 14.3 Å². The van der Waals surface area contributed by atoms with Crippen LogP contribution < -0.4 is 10.1 Å². The van der Waals surface area contributed by atoms with Crippen molar-refractivity contribution in [3.63, 3.8) is 0 Å². The molecule has 1 amide bonds. The van der Waals surface area contributed by atoms with Crippen molar-refractivity contribution in [1.29, 1.82) is 0 Å². The van der Waals surface area contributed by atoms with Crippen LogP contribution in [0.1, 0.15) is 19.4 Å². The highest BCUT2D eigenvalue weighted by Gasteiger charge is 2.14. The molecule has 1 rings (SSSR count). The fourth-order valence-electron chi connectivity index (χ4n) is 1.56. The topological polar surface area (TPSA) is 64.6 Å². The monoisotopic (exact) mass is 277 g/mol. The molecule has 0 aliphatic rings. The molecule has 0 bridgehead atoms. The fraction of sp³-hybridized carbons (Fsp3) is 0.333. The molecule has 5 heteroatoms. The number of esters is 1. The molecule has 1 unspecified atom stereocenters. The van der Waals surface area contributed by atoms with Crippen molar-refractivity contribution in [2.75, 3.05) is 13.7 Å². The minimum Gasteiger partial charge on any atom is -0.496 e. The van der Waals surface area contributed by atoms with Gasteiger partial charge in [0.1, 0.15) is 11.8 Å². The smallest absolute Gasteiger partial charge is 0.328 e. The third kappa shape index (κ3) is 4.76. The third-order valence-corrected chi connectivity index (χ3v) is 2.55. The molecule has 1 aromatic carbocycles. The number of amides is 1. The molecule has 0 heterocycles. The van der Waals surface area contributed by atoms with Gasteiger partial charge in [0.15, 0.2) is 0 Å². The lowest BCUT2D eigenvalue weighted by molar-refractivity contribution is -0.146. The van der Waals surface area contributed by atoms with E-state index in [9.17, 15) is 9.59 Å². The molecule has 0 saturated carbocycles. The third-order valence-electron chi connectivity index (χ3n) is 2.55. The summed E-state index contributed by atoms with van der Waals surface area (Å²) < 4.78 is 9.98. The highest BCUT2D eigenvalue weighted by atomic mass is 16.5. The molecule has 0 aromatic heterocycles. The molecule has 0 radical (unpaired) electrons. The van der Waals surface area contributed by atoms with Crippen LogP contribution in [0.4, 0.5) is 0 Å². The van der Waals surface area contributed by atoms with Crippen molar-refractivity contribution >= 4 is 18.0 Å². The van der Waals surface area contributed by atoms with Crippen LogP contribution in [0.25, 0.3) is 6.08 Å². The Balaban J connectivity index is 2.62. The Morgan fingerprint density at radius 1 is 1.35 bits per heavy atom. The van der Waals surface area contributed by atoms with Gasteiger partial charge in [0.05, 0.1) is 13.7 Å². The summed E-state index contributed by atoms with van der Waals surface area (Å²) in [6.07, 6.45) is 2.99. The first kappa shape index (κ1) is 15.8. The lowest BCUT2D eigenvalue weighted by Gasteiger charge is -2.10. The first-order valence-electron chi connectivity index (χ1n) is 6.36. The fourth-order valence-corrected chi connectivity index (χ4v) is 1.56. The van der Waals surface area contributed by atoms with E-state index in [1.165, 1.54) is 6.08 Å². The SMILES string of the molecule is CCOC(=O)C(C)NC(=O)C=Cc1ccccc1OC. The average molecular weight is 277 g/mol. The zero-order valence-corrected chi connectivity index (χ0v) is 11.9. The van der Waals surface area contributed by atoms with Crippen molar-refractivity contribution in [3.05, 3.63) is 35.9 Å². The molecule has 0 spiro atoms. The van der Waals surface area contributed by atoms with Gasteiger partial charge in [0.25, 0.3) is 0 Å². The number of ether oxygens (including phenoxy) is 2. The van der Waals surface area contributed by atoms with E-state index in [-0.39, 0.29) is 12.5 Å². The van der Waals surface area contributed by atoms with Gasteiger partial charge in [0.2, 0.25) is 5.91 Å². The number of carbonyl (C=O) groups excluding carboxylic acids is 2. The summed E-state index contributed by atoms with van der Waals surface area (Å²) in [5, 5.41) is 2.53. The second-order valence-corrected chi connectivity index (χ2v) is 4.06. The summed E-state index contributed by atoms with van der Waals surface area (Å²) >= 11 is 0. The van der Waals surface area contributed by atoms with E-state index in [0.717, 1.165) is 5.56 Å². The second kappa shape index (κ2) is 7.99. The van der Waals surface area contributed by atoms with E-state index in [2.05, 4.69) is 5.32 Å². The number of hydrogen-bond acceptors (Lipinski definition) is 4. The highest BCUT2D eigenvalue weighted by Crippen LogP contribution is 2.18. The van der Waals surface area contributed by atoms with Gasteiger partial charge < -0.3 is 14.8 Å². The predicted octanol–water partition coefficient (Wildman–Crippen LogP) is 1.78. The molecule has 0 fully saturated rings. The maximum Gasteiger partial charge on any atom is 0.328 e. The number of para-hydroxylation sites is 1. The first-order valence-corrected chi connectivity index (χ1v) is 6.36. The van der Waals surface area contributed by atoms with E-state index in [1.54, 1.807) is 33.1 Å². The van der Waals surface area contributed by atoms with Crippen LogP contribution in [0.5, 0.6) is 5.75 Å². The van der Waals surface area contributed by atoms with Gasteiger partial charge in [-0.3, -0.25) is 4.79 Å². The first-order chi connectivity index (χ1) is 9.58. The molecule has 20 heavy (non-hydrogen) atoms. The average Bonchev–Trinajstić information content (AvgIpc) is 2.45. The zero-order chi connectivity index (χ0) is 15.0. The van der Waals surface area contributed by atoms with E-state index >= 15 is 0 Å². The summed E-state index contributed by atoms with van der Waals surface area (Å²) in [5.41, 5.74) is 0.786. The minimum absolute atomic E-state index is 0.288. The largest absolute Gasteiger partial charge is 0.496 e. The van der Waals surface area contributed by atoms with Crippen molar-refractivity contribution in [1.82, 2.24) is 5.32 Å². The summed E-state index contributed by atoms with van der Waals surface area (Å²) in [6.45, 7) is 3.58. The quantitative estimate of drug-likeness (QED) is 0.636. The molecule has 5 nitrogen and oxygen atoms in total. The number of carbonyl (C=O) groups is 2. The maximum absolute atomic E-state index is 11.7. The van der Waals surface area contributed by atoms with Gasteiger partial charge >= 0.3 is 5.97 Å². The van der Waals surface area contributed by atoms with Crippen molar-refractivity contribution < 1.29 is 19.1 Å². The number of methoxy groups -OCH3 is 1. The predicted molar refractivity (Wildman–Crippen MR) is 76.3 cm³/mol.